The van der Waals surface area contributed by atoms with Gasteiger partial charge in [-0.25, -0.2) is 4.98 Å². The molecule has 0 aliphatic carbocycles. The van der Waals surface area contributed by atoms with Crippen LogP contribution in [0.4, 0.5) is 0 Å². The van der Waals surface area contributed by atoms with Crippen molar-refractivity contribution in [2.75, 3.05) is 7.11 Å². The Bertz CT molecular complexity index is 542. The minimum absolute atomic E-state index is 0.0410. The van der Waals surface area contributed by atoms with E-state index in [2.05, 4.69) is 27.0 Å². The Hall–Kier alpha value is -0.910. The standard InChI is InChI=1S/C13H15BrN2OS/c1-8-13(18-7-16-8)11(15)6-9-5-10(14)3-4-12(9)17-2/h3-5,7,11H,6,15H2,1-2H3. The van der Waals surface area contributed by atoms with Crippen molar-refractivity contribution in [2.24, 2.45) is 5.73 Å². The predicted molar refractivity (Wildman–Crippen MR) is 78.2 cm³/mol. The van der Waals surface area contributed by atoms with Gasteiger partial charge in [0.05, 0.1) is 18.3 Å². The topological polar surface area (TPSA) is 48.1 Å². The van der Waals surface area contributed by atoms with Crippen molar-refractivity contribution in [2.45, 2.75) is 19.4 Å². The summed E-state index contributed by atoms with van der Waals surface area (Å²) >= 11 is 5.08. The second-order valence-electron chi connectivity index (χ2n) is 4.07. The van der Waals surface area contributed by atoms with Gasteiger partial charge in [0, 0.05) is 15.4 Å². The Morgan fingerprint density at radius 3 is 2.89 bits per heavy atom. The fourth-order valence-corrected chi connectivity index (χ4v) is 3.12. The number of nitrogens with zero attached hydrogens (tertiary/aromatic N) is 1. The summed E-state index contributed by atoms with van der Waals surface area (Å²) < 4.78 is 6.39. The smallest absolute Gasteiger partial charge is 0.122 e. The minimum atomic E-state index is -0.0410. The number of hydrogen-bond donors (Lipinski definition) is 1. The van der Waals surface area contributed by atoms with E-state index < -0.39 is 0 Å². The van der Waals surface area contributed by atoms with Crippen LogP contribution in [-0.2, 0) is 6.42 Å². The Balaban J connectivity index is 2.23. The molecule has 0 aliphatic heterocycles. The number of nitrogens with two attached hydrogens (primary N) is 1. The summed E-state index contributed by atoms with van der Waals surface area (Å²) in [6, 6.07) is 5.92. The Labute approximate surface area is 119 Å². The molecule has 0 aliphatic rings. The summed E-state index contributed by atoms with van der Waals surface area (Å²) in [6.07, 6.45) is 0.742. The number of benzene rings is 1. The normalized spacial score (nSPS) is 12.4. The van der Waals surface area contributed by atoms with Gasteiger partial charge in [-0.1, -0.05) is 15.9 Å². The molecule has 0 bridgehead atoms. The van der Waals surface area contributed by atoms with Gasteiger partial charge in [-0.2, -0.15) is 0 Å². The van der Waals surface area contributed by atoms with Crippen LogP contribution in [0.2, 0.25) is 0 Å². The van der Waals surface area contributed by atoms with Gasteiger partial charge < -0.3 is 10.5 Å². The first-order chi connectivity index (χ1) is 8.61. The fraction of sp³-hybridized carbons (Fsp3) is 0.308. The van der Waals surface area contributed by atoms with Crippen molar-refractivity contribution in [3.63, 3.8) is 0 Å². The van der Waals surface area contributed by atoms with Crippen molar-refractivity contribution in [3.8, 4) is 5.75 Å². The summed E-state index contributed by atoms with van der Waals surface area (Å²) in [5.74, 6) is 0.871. The summed E-state index contributed by atoms with van der Waals surface area (Å²) in [5.41, 5.74) is 10.2. The maximum absolute atomic E-state index is 6.25. The molecular formula is C13H15BrN2OS. The van der Waals surface area contributed by atoms with Gasteiger partial charge in [-0.15, -0.1) is 11.3 Å². The lowest BCUT2D eigenvalue weighted by Crippen LogP contribution is -2.13. The van der Waals surface area contributed by atoms with Crippen LogP contribution >= 0.6 is 27.3 Å². The zero-order chi connectivity index (χ0) is 13.1. The maximum atomic E-state index is 6.25. The number of halogens is 1. The van der Waals surface area contributed by atoms with E-state index in [9.17, 15) is 0 Å². The van der Waals surface area contributed by atoms with Gasteiger partial charge in [0.1, 0.15) is 5.75 Å². The number of methoxy groups -OCH3 is 1. The zero-order valence-electron chi connectivity index (χ0n) is 10.3. The summed E-state index contributed by atoms with van der Waals surface area (Å²) in [4.78, 5) is 5.37. The molecule has 0 fully saturated rings. The van der Waals surface area contributed by atoms with Crippen LogP contribution in [0.3, 0.4) is 0 Å². The number of aromatic nitrogens is 1. The van der Waals surface area contributed by atoms with Crippen molar-refractivity contribution in [1.29, 1.82) is 0 Å². The SMILES string of the molecule is COc1ccc(Br)cc1CC(N)c1scnc1C. The second-order valence-corrected chi connectivity index (χ2v) is 5.87. The zero-order valence-corrected chi connectivity index (χ0v) is 12.7. The third-order valence-corrected chi connectivity index (χ3v) is 4.36. The lowest BCUT2D eigenvalue weighted by Gasteiger charge is -2.14. The van der Waals surface area contributed by atoms with E-state index in [1.807, 2.05) is 24.6 Å². The number of hydrogen-bond acceptors (Lipinski definition) is 4. The van der Waals surface area contributed by atoms with E-state index in [4.69, 9.17) is 10.5 Å². The van der Waals surface area contributed by atoms with Gasteiger partial charge in [-0.05, 0) is 37.1 Å². The highest BCUT2D eigenvalue weighted by molar-refractivity contribution is 9.10. The lowest BCUT2D eigenvalue weighted by atomic mass is 10.0. The minimum Gasteiger partial charge on any atom is -0.496 e. The van der Waals surface area contributed by atoms with Crippen molar-refractivity contribution in [3.05, 3.63) is 44.3 Å². The molecule has 2 aromatic rings. The van der Waals surface area contributed by atoms with E-state index in [0.29, 0.717) is 0 Å². The van der Waals surface area contributed by atoms with E-state index >= 15 is 0 Å². The molecule has 5 heteroatoms. The third-order valence-electron chi connectivity index (χ3n) is 2.80. The molecule has 96 valence electrons. The Morgan fingerprint density at radius 2 is 2.28 bits per heavy atom. The van der Waals surface area contributed by atoms with Crippen LogP contribution in [0.1, 0.15) is 22.2 Å². The summed E-state index contributed by atoms with van der Waals surface area (Å²) in [5, 5.41) is 0. The highest BCUT2D eigenvalue weighted by Crippen LogP contribution is 2.29. The van der Waals surface area contributed by atoms with Gasteiger partial charge in [-0.3, -0.25) is 0 Å². The van der Waals surface area contributed by atoms with Gasteiger partial charge in [0.2, 0.25) is 0 Å². The number of ether oxygens (including phenoxy) is 1. The quantitative estimate of drug-likeness (QED) is 0.935. The molecule has 1 atom stereocenters. The van der Waals surface area contributed by atoms with Crippen molar-refractivity contribution in [1.82, 2.24) is 4.98 Å². The monoisotopic (exact) mass is 326 g/mol. The molecule has 1 aromatic heterocycles. The van der Waals surface area contributed by atoms with Crippen LogP contribution in [-0.4, -0.2) is 12.1 Å². The van der Waals surface area contributed by atoms with Crippen LogP contribution in [0.5, 0.6) is 5.75 Å². The second kappa shape index (κ2) is 5.82. The average molecular weight is 327 g/mol. The fourth-order valence-electron chi connectivity index (χ4n) is 1.90. The molecule has 0 saturated carbocycles. The van der Waals surface area contributed by atoms with Gasteiger partial charge >= 0.3 is 0 Å². The van der Waals surface area contributed by atoms with E-state index in [-0.39, 0.29) is 6.04 Å². The first kappa shape index (κ1) is 13.5. The van der Waals surface area contributed by atoms with Crippen LogP contribution in [0.15, 0.2) is 28.2 Å². The maximum Gasteiger partial charge on any atom is 0.122 e. The average Bonchev–Trinajstić information content (AvgIpc) is 2.76. The van der Waals surface area contributed by atoms with E-state index in [1.165, 1.54) is 0 Å². The molecule has 1 unspecified atom stereocenters. The molecule has 18 heavy (non-hydrogen) atoms. The molecule has 2 rings (SSSR count). The van der Waals surface area contributed by atoms with Crippen LogP contribution < -0.4 is 10.5 Å². The van der Waals surface area contributed by atoms with Crippen LogP contribution in [0.25, 0.3) is 0 Å². The number of rotatable bonds is 4. The van der Waals surface area contributed by atoms with Crippen molar-refractivity contribution >= 4 is 27.3 Å². The number of thiazole rings is 1. The molecular weight excluding hydrogens is 312 g/mol. The van der Waals surface area contributed by atoms with Gasteiger partial charge in [0.25, 0.3) is 0 Å². The van der Waals surface area contributed by atoms with E-state index in [0.717, 1.165) is 32.8 Å². The molecule has 0 spiro atoms. The summed E-state index contributed by atoms with van der Waals surface area (Å²) in [6.45, 7) is 1.99. The van der Waals surface area contributed by atoms with E-state index in [1.54, 1.807) is 18.4 Å². The first-order valence-corrected chi connectivity index (χ1v) is 7.27. The van der Waals surface area contributed by atoms with Gasteiger partial charge in [0.15, 0.2) is 0 Å². The first-order valence-electron chi connectivity index (χ1n) is 5.59. The number of aryl methyl sites for hydroxylation is 1. The highest BCUT2D eigenvalue weighted by Gasteiger charge is 2.15. The molecule has 2 N–H and O–H groups in total. The predicted octanol–water partition coefficient (Wildman–Crippen LogP) is 3.47. The Kier molecular flexibility index (Phi) is 4.37. The summed E-state index contributed by atoms with van der Waals surface area (Å²) in [7, 11) is 1.68. The molecule has 0 radical (unpaired) electrons. The third kappa shape index (κ3) is 2.91. The molecule has 3 nitrogen and oxygen atoms in total. The molecule has 1 heterocycles. The lowest BCUT2D eigenvalue weighted by molar-refractivity contribution is 0.408. The highest BCUT2D eigenvalue weighted by atomic mass is 79.9. The van der Waals surface area contributed by atoms with Crippen LogP contribution in [0, 0.1) is 6.92 Å². The largest absolute Gasteiger partial charge is 0.496 e. The molecule has 0 saturated heterocycles. The van der Waals surface area contributed by atoms with Crippen molar-refractivity contribution < 1.29 is 4.74 Å². The molecule has 1 aromatic carbocycles. The molecule has 0 amide bonds. The Morgan fingerprint density at radius 1 is 1.50 bits per heavy atom.